The van der Waals surface area contributed by atoms with Crippen LogP contribution in [0.4, 0.5) is 0 Å². The van der Waals surface area contributed by atoms with Gasteiger partial charge in [-0.3, -0.25) is 0 Å². The van der Waals surface area contributed by atoms with E-state index < -0.39 is 9.05 Å². The molecule has 0 aromatic rings. The van der Waals surface area contributed by atoms with Crippen LogP contribution in [0.3, 0.4) is 0 Å². The molecule has 0 aliphatic heterocycles. The van der Waals surface area contributed by atoms with Crippen molar-refractivity contribution in [2.45, 2.75) is 12.8 Å². The molecule has 14 heavy (non-hydrogen) atoms. The molecule has 0 atom stereocenters. The minimum Gasteiger partial charge on any atom is -0.746 e. The van der Waals surface area contributed by atoms with Crippen LogP contribution < -0.4 is 59.1 Å². The number of nitrogens with zero attached hydrogens (tertiary/aromatic N) is 1. The maximum absolute atomic E-state index is 10.1. The summed E-state index contributed by atoms with van der Waals surface area (Å²) in [6.45, 7) is 0.930. The van der Waals surface area contributed by atoms with E-state index in [1.165, 1.54) is 0 Å². The third-order valence-corrected chi connectivity index (χ3v) is 3.34. The third-order valence-electron chi connectivity index (χ3n) is 1.23. The molecule has 0 fully saturated rings. The van der Waals surface area contributed by atoms with Crippen molar-refractivity contribution in [2.24, 2.45) is 0 Å². The molecule has 0 saturated heterocycles. The van der Waals surface area contributed by atoms with E-state index >= 15 is 0 Å². The van der Waals surface area contributed by atoms with E-state index in [1.807, 2.05) is 19.0 Å². The topological polar surface area (TPSA) is 66.4 Å². The van der Waals surface area contributed by atoms with Gasteiger partial charge in [-0.05, 0) is 27.1 Å². The van der Waals surface area contributed by atoms with E-state index in [1.54, 1.807) is 0 Å². The molecule has 0 heterocycles. The Morgan fingerprint density at radius 1 is 1.21 bits per heavy atom. The Morgan fingerprint density at radius 3 is 2.07 bits per heavy atom. The van der Waals surface area contributed by atoms with E-state index in [-0.39, 0.29) is 59.1 Å². The first-order valence-corrected chi connectivity index (χ1v) is 6.58. The van der Waals surface area contributed by atoms with Crippen molar-refractivity contribution in [2.75, 3.05) is 26.4 Å². The Kier molecular flexibility index (Phi) is 18.0. The molecule has 0 bridgehead atoms. The molecule has 0 unspecified atom stereocenters. The molecule has 0 aromatic heterocycles. The predicted molar refractivity (Wildman–Crippen MR) is 49.7 cm³/mol. The first-order chi connectivity index (χ1) is 5.42. The first kappa shape index (κ1) is 21.5. The molecular formula is C6H14NNa2O3S2+. The summed E-state index contributed by atoms with van der Waals surface area (Å²) in [6.07, 6.45) is 1.69. The average molecular weight is 258 g/mol. The van der Waals surface area contributed by atoms with E-state index in [9.17, 15) is 13.3 Å². The maximum Gasteiger partial charge on any atom is 1.00 e. The number of hydrogen-bond donors (Lipinski definition) is 0. The minimum atomic E-state index is -4.07. The molecular weight excluding hydrogens is 244 g/mol. The van der Waals surface area contributed by atoms with Crippen molar-refractivity contribution in [1.29, 1.82) is 0 Å². The summed E-state index contributed by atoms with van der Waals surface area (Å²) in [5, 5.41) is 0. The monoisotopic (exact) mass is 258 g/mol. The molecule has 0 amide bonds. The molecule has 0 radical (unpaired) electrons. The van der Waals surface area contributed by atoms with Gasteiger partial charge in [0.1, 0.15) is 0 Å². The van der Waals surface area contributed by atoms with Gasteiger partial charge in [-0.15, -0.1) is 0 Å². The smallest absolute Gasteiger partial charge is 0.746 e. The van der Waals surface area contributed by atoms with Crippen molar-refractivity contribution >= 4 is 19.4 Å². The van der Waals surface area contributed by atoms with Gasteiger partial charge >= 0.3 is 59.1 Å². The van der Waals surface area contributed by atoms with E-state index in [0.29, 0.717) is 16.1 Å². The van der Waals surface area contributed by atoms with E-state index in [0.717, 1.165) is 19.4 Å². The fourth-order valence-corrected chi connectivity index (χ4v) is 2.18. The van der Waals surface area contributed by atoms with Crippen LogP contribution in [0, 0.1) is 0 Å². The average Bonchev–Trinajstić information content (AvgIpc) is 1.83. The Bertz CT molecular complexity index is 221. The summed E-state index contributed by atoms with van der Waals surface area (Å²) in [7, 11) is 0.323. The largest absolute Gasteiger partial charge is 1.00 e. The molecule has 0 aliphatic rings. The van der Waals surface area contributed by atoms with Gasteiger partial charge in [-0.25, -0.2) is 4.21 Å². The molecule has 0 spiro atoms. The zero-order valence-electron chi connectivity index (χ0n) is 9.32. The zero-order chi connectivity index (χ0) is 9.61. The van der Waals surface area contributed by atoms with Crippen LogP contribution in [0.5, 0.6) is 0 Å². The standard InChI is InChI=1S/C6H15NO3S2.2Na/c1-7(2)5-3-4-6-11-12(8,9)10;;/h3-6H2,1-2H3,(H-,8,9,10);;/q;2*+1/p-1. The fraction of sp³-hybridized carbons (Fsp3) is 1.00. The van der Waals surface area contributed by atoms with Crippen molar-refractivity contribution in [3.8, 4) is 0 Å². The fourth-order valence-electron chi connectivity index (χ4n) is 0.691. The van der Waals surface area contributed by atoms with Crippen LogP contribution in [0.25, 0.3) is 0 Å². The van der Waals surface area contributed by atoms with Gasteiger partial charge in [-0.2, -0.15) is 0 Å². The minimum absolute atomic E-state index is 0. The normalized spacial score (nSPS) is 10.4. The van der Waals surface area contributed by atoms with Crippen LogP contribution in [0.15, 0.2) is 0 Å². The molecule has 4 nitrogen and oxygen atoms in total. The van der Waals surface area contributed by atoms with Gasteiger partial charge in [0.05, 0.1) is 9.05 Å². The second-order valence-electron chi connectivity index (χ2n) is 2.74. The summed E-state index contributed by atoms with van der Waals surface area (Å²) in [6, 6.07) is 0. The maximum atomic E-state index is 10.1. The molecule has 0 rings (SSSR count). The third kappa shape index (κ3) is 19.8. The number of hydrogen-bond acceptors (Lipinski definition) is 4. The van der Waals surface area contributed by atoms with Crippen molar-refractivity contribution < 1.29 is 72.4 Å². The van der Waals surface area contributed by atoms with E-state index in [4.69, 9.17) is 0 Å². The van der Waals surface area contributed by atoms with Gasteiger partial charge < -0.3 is 14.0 Å². The molecule has 0 saturated carbocycles. The predicted octanol–water partition coefficient (Wildman–Crippen LogP) is -6.12. The Hall–Kier alpha value is 2.25. The van der Waals surface area contributed by atoms with Crippen molar-refractivity contribution in [1.82, 2.24) is 4.90 Å². The van der Waals surface area contributed by atoms with Crippen molar-refractivity contribution in [3.05, 3.63) is 0 Å². The van der Waals surface area contributed by atoms with Gasteiger partial charge in [-0.1, -0.05) is 0 Å². The Morgan fingerprint density at radius 2 is 1.71 bits per heavy atom. The van der Waals surface area contributed by atoms with Crippen LogP contribution in [-0.2, 0) is 19.4 Å². The van der Waals surface area contributed by atoms with Gasteiger partial charge in [0.15, 0.2) is 5.75 Å². The molecule has 0 aliphatic carbocycles. The second-order valence-corrected chi connectivity index (χ2v) is 6.13. The summed E-state index contributed by atoms with van der Waals surface area (Å²) in [5.41, 5.74) is 0. The summed E-state index contributed by atoms with van der Waals surface area (Å²) in [5.74, 6) is 0.402. The SMILES string of the molecule is CN(C)CCCC[S+]=S(=O)([O-])[O-].[Na+].[Na+]. The Labute approximate surface area is 134 Å². The van der Waals surface area contributed by atoms with Crippen LogP contribution in [0.2, 0.25) is 0 Å². The zero-order valence-corrected chi connectivity index (χ0v) is 14.9. The Balaban J connectivity index is -0.000000605. The van der Waals surface area contributed by atoms with Gasteiger partial charge in [0.2, 0.25) is 10.3 Å². The molecule has 74 valence electrons. The quantitative estimate of drug-likeness (QED) is 0.280. The molecule has 0 aromatic carbocycles. The summed E-state index contributed by atoms with van der Waals surface area (Å²) >= 11 is 0. The van der Waals surface area contributed by atoms with Crippen LogP contribution in [-0.4, -0.2) is 44.6 Å². The van der Waals surface area contributed by atoms with Crippen LogP contribution >= 0.6 is 0 Å². The van der Waals surface area contributed by atoms with E-state index in [2.05, 4.69) is 0 Å². The molecule has 0 N–H and O–H groups in total. The van der Waals surface area contributed by atoms with Crippen molar-refractivity contribution in [3.63, 3.8) is 0 Å². The summed E-state index contributed by atoms with van der Waals surface area (Å²) in [4.78, 5) is 2.02. The van der Waals surface area contributed by atoms with Gasteiger partial charge in [0, 0.05) is 6.42 Å². The number of rotatable bonds is 5. The van der Waals surface area contributed by atoms with Gasteiger partial charge in [0.25, 0.3) is 0 Å². The molecule has 8 heteroatoms. The number of unbranched alkanes of at least 4 members (excludes halogenated alkanes) is 1. The van der Waals surface area contributed by atoms with Crippen LogP contribution in [0.1, 0.15) is 12.8 Å². The second kappa shape index (κ2) is 11.7. The first-order valence-electron chi connectivity index (χ1n) is 3.67. The summed E-state index contributed by atoms with van der Waals surface area (Å²) < 4.78 is 30.4.